The Morgan fingerprint density at radius 2 is 1.67 bits per heavy atom. The van der Waals surface area contributed by atoms with E-state index in [1.165, 1.54) is 36.3 Å². The Hall–Kier alpha value is -1.12. The molecule has 2 amide bonds. The first-order valence-corrected chi connectivity index (χ1v) is 5.64. The third kappa shape index (κ3) is 2.11. The minimum Gasteiger partial charge on any atom is -0.275 e. The van der Waals surface area contributed by atoms with Crippen molar-refractivity contribution >= 4 is 11.8 Å². The molecule has 3 heteroatoms. The summed E-state index contributed by atoms with van der Waals surface area (Å²) in [5.41, 5.74) is 0.148. The Balaban J connectivity index is 2.01. The first-order chi connectivity index (χ1) is 7.11. The predicted octanol–water partition coefficient (Wildman–Crippen LogP) is 1.88. The van der Waals surface area contributed by atoms with Crippen molar-refractivity contribution in [3.63, 3.8) is 0 Å². The largest absolute Gasteiger partial charge is 0.275 e. The van der Waals surface area contributed by atoms with Gasteiger partial charge in [0.05, 0.1) is 0 Å². The van der Waals surface area contributed by atoms with E-state index in [9.17, 15) is 9.59 Å². The van der Waals surface area contributed by atoms with Gasteiger partial charge in [-0.3, -0.25) is 14.5 Å². The lowest BCUT2D eigenvalue weighted by Gasteiger charge is -2.36. The predicted molar refractivity (Wildman–Crippen MR) is 57.1 cm³/mol. The maximum absolute atomic E-state index is 11.4. The quantitative estimate of drug-likeness (QED) is 0.648. The summed E-state index contributed by atoms with van der Waals surface area (Å²) in [6, 6.07) is 0. The zero-order chi connectivity index (χ0) is 10.9. The van der Waals surface area contributed by atoms with Gasteiger partial charge in [0.25, 0.3) is 11.8 Å². The molecule has 3 nitrogen and oxygen atoms in total. The normalized spacial score (nSPS) is 25.0. The summed E-state index contributed by atoms with van der Waals surface area (Å²) < 4.78 is 0. The maximum atomic E-state index is 11.4. The topological polar surface area (TPSA) is 37.4 Å². The summed E-state index contributed by atoms with van der Waals surface area (Å²) >= 11 is 0. The minimum absolute atomic E-state index is 0.146. The minimum atomic E-state index is -0.146. The van der Waals surface area contributed by atoms with Crippen LogP contribution in [0.4, 0.5) is 0 Å². The van der Waals surface area contributed by atoms with E-state index < -0.39 is 0 Å². The summed E-state index contributed by atoms with van der Waals surface area (Å²) in [7, 11) is 0. The maximum Gasteiger partial charge on any atom is 0.253 e. The molecular weight excluding hydrogens is 190 g/mol. The Kier molecular flexibility index (Phi) is 2.63. The van der Waals surface area contributed by atoms with Crippen LogP contribution in [0.25, 0.3) is 0 Å². The first kappa shape index (κ1) is 10.4. The summed E-state index contributed by atoms with van der Waals surface area (Å²) in [4.78, 5) is 24.2. The molecular formula is C12H17NO2. The van der Waals surface area contributed by atoms with Crippen LogP contribution in [0.2, 0.25) is 0 Å². The summed E-state index contributed by atoms with van der Waals surface area (Å²) in [6.07, 6.45) is 8.73. The fourth-order valence-electron chi connectivity index (χ4n) is 2.53. The molecule has 0 atom stereocenters. The number of rotatable bonds is 2. The third-order valence-corrected chi connectivity index (χ3v) is 3.50. The van der Waals surface area contributed by atoms with Crippen LogP contribution in [0, 0.1) is 5.41 Å². The molecule has 0 spiro atoms. The highest BCUT2D eigenvalue weighted by atomic mass is 16.2. The van der Waals surface area contributed by atoms with E-state index in [2.05, 4.69) is 6.92 Å². The second-order valence-corrected chi connectivity index (χ2v) is 4.97. The molecule has 0 aromatic rings. The van der Waals surface area contributed by atoms with Gasteiger partial charge in [-0.05, 0) is 18.3 Å². The van der Waals surface area contributed by atoms with Crippen LogP contribution in [-0.4, -0.2) is 23.3 Å². The Morgan fingerprint density at radius 3 is 2.20 bits per heavy atom. The molecule has 1 saturated carbocycles. The summed E-state index contributed by atoms with van der Waals surface area (Å²) in [6.45, 7) is 2.78. The number of nitrogens with zero attached hydrogens (tertiary/aromatic N) is 1. The van der Waals surface area contributed by atoms with Gasteiger partial charge in [0.2, 0.25) is 0 Å². The Bertz CT molecular complexity index is 296. The molecule has 2 aliphatic rings. The standard InChI is InChI=1S/C12H17NO2/c1-12(7-3-2-4-8-12)9-13-10(14)5-6-11(13)15/h5-6H,2-4,7-9H2,1H3. The van der Waals surface area contributed by atoms with E-state index in [0.29, 0.717) is 6.54 Å². The van der Waals surface area contributed by atoms with Crippen LogP contribution in [0.5, 0.6) is 0 Å². The smallest absolute Gasteiger partial charge is 0.253 e. The van der Waals surface area contributed by atoms with Crippen LogP contribution >= 0.6 is 0 Å². The van der Waals surface area contributed by atoms with Crippen LogP contribution < -0.4 is 0 Å². The van der Waals surface area contributed by atoms with Crippen molar-refractivity contribution in [1.29, 1.82) is 0 Å². The number of hydrogen-bond acceptors (Lipinski definition) is 2. The number of carbonyl (C=O) groups excluding carboxylic acids is 2. The van der Waals surface area contributed by atoms with E-state index in [-0.39, 0.29) is 17.2 Å². The number of hydrogen-bond donors (Lipinski definition) is 0. The lowest BCUT2D eigenvalue weighted by Crippen LogP contribution is -2.40. The molecule has 2 rings (SSSR count). The van der Waals surface area contributed by atoms with Gasteiger partial charge in [-0.15, -0.1) is 0 Å². The molecule has 1 fully saturated rings. The number of amides is 2. The lowest BCUT2D eigenvalue weighted by molar-refractivity contribution is -0.138. The molecule has 1 aliphatic heterocycles. The van der Waals surface area contributed by atoms with Gasteiger partial charge in [-0.25, -0.2) is 0 Å². The van der Waals surface area contributed by atoms with Gasteiger partial charge < -0.3 is 0 Å². The zero-order valence-corrected chi connectivity index (χ0v) is 9.16. The molecule has 0 unspecified atom stereocenters. The second kappa shape index (κ2) is 3.80. The molecule has 0 aromatic carbocycles. The van der Waals surface area contributed by atoms with Crippen molar-refractivity contribution < 1.29 is 9.59 Å². The van der Waals surface area contributed by atoms with Crippen molar-refractivity contribution in [3.05, 3.63) is 12.2 Å². The Labute approximate surface area is 90.1 Å². The van der Waals surface area contributed by atoms with Crippen LogP contribution in [0.3, 0.4) is 0 Å². The van der Waals surface area contributed by atoms with E-state index >= 15 is 0 Å². The highest BCUT2D eigenvalue weighted by molar-refractivity contribution is 6.12. The van der Waals surface area contributed by atoms with Crippen molar-refractivity contribution in [2.45, 2.75) is 39.0 Å². The third-order valence-electron chi connectivity index (χ3n) is 3.50. The van der Waals surface area contributed by atoms with Crippen molar-refractivity contribution in [2.75, 3.05) is 6.54 Å². The fourth-order valence-corrected chi connectivity index (χ4v) is 2.53. The molecule has 0 saturated heterocycles. The highest BCUT2D eigenvalue weighted by Gasteiger charge is 2.34. The molecule has 82 valence electrons. The van der Waals surface area contributed by atoms with E-state index in [0.717, 1.165) is 12.8 Å². The molecule has 0 bridgehead atoms. The number of imide groups is 1. The summed E-state index contributed by atoms with van der Waals surface area (Å²) in [5.74, 6) is -0.293. The molecule has 15 heavy (non-hydrogen) atoms. The Morgan fingerprint density at radius 1 is 1.13 bits per heavy atom. The fraction of sp³-hybridized carbons (Fsp3) is 0.667. The lowest BCUT2D eigenvalue weighted by atomic mass is 9.75. The summed E-state index contributed by atoms with van der Waals surface area (Å²) in [5, 5.41) is 0. The molecule has 0 N–H and O–H groups in total. The van der Waals surface area contributed by atoms with Gasteiger partial charge in [0.1, 0.15) is 0 Å². The molecule has 1 aliphatic carbocycles. The van der Waals surface area contributed by atoms with Crippen molar-refractivity contribution in [1.82, 2.24) is 4.90 Å². The van der Waals surface area contributed by atoms with Crippen molar-refractivity contribution in [3.8, 4) is 0 Å². The molecule has 0 aromatic heterocycles. The van der Waals surface area contributed by atoms with Crippen LogP contribution in [0.15, 0.2) is 12.2 Å². The van der Waals surface area contributed by atoms with E-state index in [1.54, 1.807) is 0 Å². The first-order valence-electron chi connectivity index (χ1n) is 5.64. The SMILES string of the molecule is CC1(CN2C(=O)C=CC2=O)CCCCC1. The monoisotopic (exact) mass is 207 g/mol. The molecule has 1 heterocycles. The van der Waals surface area contributed by atoms with Crippen LogP contribution in [-0.2, 0) is 9.59 Å². The van der Waals surface area contributed by atoms with E-state index in [1.807, 2.05) is 0 Å². The molecule has 0 radical (unpaired) electrons. The highest BCUT2D eigenvalue weighted by Crippen LogP contribution is 2.36. The van der Waals surface area contributed by atoms with Crippen molar-refractivity contribution in [2.24, 2.45) is 5.41 Å². The van der Waals surface area contributed by atoms with Gasteiger partial charge in [0.15, 0.2) is 0 Å². The van der Waals surface area contributed by atoms with Crippen LogP contribution in [0.1, 0.15) is 39.0 Å². The number of carbonyl (C=O) groups is 2. The van der Waals surface area contributed by atoms with Gasteiger partial charge in [0, 0.05) is 18.7 Å². The van der Waals surface area contributed by atoms with Gasteiger partial charge >= 0.3 is 0 Å². The van der Waals surface area contributed by atoms with Gasteiger partial charge in [-0.2, -0.15) is 0 Å². The average molecular weight is 207 g/mol. The second-order valence-electron chi connectivity index (χ2n) is 4.97. The van der Waals surface area contributed by atoms with E-state index in [4.69, 9.17) is 0 Å². The zero-order valence-electron chi connectivity index (χ0n) is 9.16. The van der Waals surface area contributed by atoms with Gasteiger partial charge in [-0.1, -0.05) is 26.2 Å². The average Bonchev–Trinajstić information content (AvgIpc) is 2.50.